The number of carboxylic acids is 1. The molecule has 0 saturated heterocycles. The standard InChI is InChI=1S/C16H19N3O2S.C11H8N2O3S/c1-16(2,3)10-18-13(20)11-4-6-12(7-5-11)14(21)19-15-17-8-9-22-15;14-9(13-11-12-5-6-17-11)7-1-3-8(4-2-7)10(15)16/h4-9H,10H2,1-3H3,(H,18,20)(H,17,19,21);1-6H,(H,15,16)(H,12,13,14). The van der Waals surface area contributed by atoms with Gasteiger partial charge in [-0.3, -0.25) is 25.0 Å². The number of rotatable bonds is 7. The number of benzene rings is 2. The number of aromatic carboxylic acids is 1. The van der Waals surface area contributed by atoms with E-state index in [1.54, 1.807) is 47.4 Å². The van der Waals surface area contributed by atoms with E-state index in [9.17, 15) is 19.2 Å². The lowest BCUT2D eigenvalue weighted by Gasteiger charge is -2.18. The molecule has 202 valence electrons. The molecule has 0 spiro atoms. The number of anilines is 2. The van der Waals surface area contributed by atoms with Crippen molar-refractivity contribution < 1.29 is 24.3 Å². The quantitative estimate of drug-likeness (QED) is 0.238. The van der Waals surface area contributed by atoms with Crippen LogP contribution in [0.1, 0.15) is 62.2 Å². The van der Waals surface area contributed by atoms with Gasteiger partial charge in [0.2, 0.25) is 0 Å². The summed E-state index contributed by atoms with van der Waals surface area (Å²) in [6.45, 7) is 6.76. The van der Waals surface area contributed by atoms with Crippen LogP contribution in [0.25, 0.3) is 0 Å². The van der Waals surface area contributed by atoms with Gasteiger partial charge in [0.15, 0.2) is 10.3 Å². The molecule has 2 heterocycles. The summed E-state index contributed by atoms with van der Waals surface area (Å²) in [5, 5.41) is 21.5. The van der Waals surface area contributed by atoms with Crippen LogP contribution >= 0.6 is 22.7 Å². The van der Waals surface area contributed by atoms with E-state index < -0.39 is 5.97 Å². The van der Waals surface area contributed by atoms with Crippen molar-refractivity contribution in [1.82, 2.24) is 15.3 Å². The molecule has 4 N–H and O–H groups in total. The summed E-state index contributed by atoms with van der Waals surface area (Å²) < 4.78 is 0. The first-order valence-electron chi connectivity index (χ1n) is 11.6. The minimum absolute atomic E-state index is 0.0309. The fourth-order valence-corrected chi connectivity index (χ4v) is 3.94. The third kappa shape index (κ3) is 9.43. The number of aromatic nitrogens is 2. The van der Waals surface area contributed by atoms with E-state index in [1.165, 1.54) is 46.9 Å². The van der Waals surface area contributed by atoms with Crippen LogP contribution < -0.4 is 16.0 Å². The normalized spacial score (nSPS) is 10.5. The van der Waals surface area contributed by atoms with Gasteiger partial charge in [0.25, 0.3) is 17.7 Å². The van der Waals surface area contributed by atoms with Gasteiger partial charge in [-0.05, 0) is 53.9 Å². The summed E-state index contributed by atoms with van der Waals surface area (Å²) in [5.74, 6) is -1.70. The Bertz CT molecular complexity index is 1400. The predicted octanol–water partition coefficient (Wildman–Crippen LogP) is 5.26. The van der Waals surface area contributed by atoms with E-state index in [4.69, 9.17) is 5.11 Å². The highest BCUT2D eigenvalue weighted by Crippen LogP contribution is 2.15. The maximum Gasteiger partial charge on any atom is 0.335 e. The van der Waals surface area contributed by atoms with Crippen molar-refractivity contribution in [3.05, 3.63) is 93.9 Å². The third-order valence-corrected chi connectivity index (χ3v) is 6.27. The van der Waals surface area contributed by atoms with Crippen molar-refractivity contribution in [1.29, 1.82) is 0 Å². The van der Waals surface area contributed by atoms with Crippen LogP contribution in [-0.4, -0.2) is 45.3 Å². The molecule has 4 rings (SSSR count). The smallest absolute Gasteiger partial charge is 0.335 e. The number of nitrogens with zero attached hydrogens (tertiary/aromatic N) is 2. The lowest BCUT2D eigenvalue weighted by Crippen LogP contribution is -2.32. The molecular formula is C27H27N5O5S2. The molecule has 2 aromatic heterocycles. The predicted molar refractivity (Wildman–Crippen MR) is 152 cm³/mol. The van der Waals surface area contributed by atoms with Crippen LogP contribution in [0.15, 0.2) is 71.7 Å². The van der Waals surface area contributed by atoms with Crippen LogP contribution in [0.4, 0.5) is 10.3 Å². The molecule has 10 nitrogen and oxygen atoms in total. The maximum absolute atomic E-state index is 12.0. The largest absolute Gasteiger partial charge is 0.478 e. The molecule has 0 aliphatic heterocycles. The first kappa shape index (κ1) is 29.1. The number of hydrogen-bond acceptors (Lipinski definition) is 8. The SMILES string of the molecule is CC(C)(C)CNC(=O)c1ccc(C(=O)Nc2nccs2)cc1.O=C(O)c1ccc(C(=O)Nc2nccs2)cc1. The van der Waals surface area contributed by atoms with Crippen LogP contribution in [0.3, 0.4) is 0 Å². The van der Waals surface area contributed by atoms with Gasteiger partial charge in [-0.1, -0.05) is 20.8 Å². The average molecular weight is 566 g/mol. The van der Waals surface area contributed by atoms with Gasteiger partial charge in [0.1, 0.15) is 0 Å². The zero-order valence-electron chi connectivity index (χ0n) is 21.4. The highest BCUT2D eigenvalue weighted by atomic mass is 32.1. The molecule has 4 aromatic rings. The summed E-state index contributed by atoms with van der Waals surface area (Å²) in [4.78, 5) is 54.3. The number of nitrogens with one attached hydrogen (secondary N) is 3. The van der Waals surface area contributed by atoms with Crippen molar-refractivity contribution in [3.8, 4) is 0 Å². The topological polar surface area (TPSA) is 150 Å². The molecule has 0 unspecified atom stereocenters. The Morgan fingerprint density at radius 2 is 1.08 bits per heavy atom. The summed E-state index contributed by atoms with van der Waals surface area (Å²) in [6.07, 6.45) is 3.22. The zero-order chi connectivity index (χ0) is 28.4. The van der Waals surface area contributed by atoms with Crippen molar-refractivity contribution in [2.75, 3.05) is 17.2 Å². The molecule has 0 aliphatic carbocycles. The molecule has 2 aromatic carbocycles. The Kier molecular flexibility index (Phi) is 10.0. The van der Waals surface area contributed by atoms with Gasteiger partial charge in [0.05, 0.1) is 5.56 Å². The summed E-state index contributed by atoms with van der Waals surface area (Å²) in [7, 11) is 0. The van der Waals surface area contributed by atoms with Crippen LogP contribution in [-0.2, 0) is 0 Å². The second-order valence-electron chi connectivity index (χ2n) is 9.29. The third-order valence-electron chi connectivity index (χ3n) is 4.89. The molecule has 39 heavy (non-hydrogen) atoms. The number of thiazole rings is 2. The van der Waals surface area contributed by atoms with Gasteiger partial charge in [0, 0.05) is 46.4 Å². The van der Waals surface area contributed by atoms with E-state index in [2.05, 4.69) is 46.7 Å². The van der Waals surface area contributed by atoms with Crippen molar-refractivity contribution in [2.24, 2.45) is 5.41 Å². The number of hydrogen-bond donors (Lipinski definition) is 4. The molecular weight excluding hydrogens is 538 g/mol. The monoisotopic (exact) mass is 565 g/mol. The molecule has 0 atom stereocenters. The van der Waals surface area contributed by atoms with Gasteiger partial charge in [-0.15, -0.1) is 22.7 Å². The summed E-state index contributed by atoms with van der Waals surface area (Å²) in [6, 6.07) is 12.3. The fourth-order valence-electron chi connectivity index (χ4n) is 2.89. The summed E-state index contributed by atoms with van der Waals surface area (Å²) >= 11 is 2.67. The van der Waals surface area contributed by atoms with Crippen molar-refractivity contribution in [2.45, 2.75) is 20.8 Å². The maximum atomic E-state index is 12.0. The minimum atomic E-state index is -1.02. The summed E-state index contributed by atoms with van der Waals surface area (Å²) in [5.41, 5.74) is 1.60. The van der Waals surface area contributed by atoms with Gasteiger partial charge in [-0.25, -0.2) is 14.8 Å². The minimum Gasteiger partial charge on any atom is -0.478 e. The number of carbonyl (C=O) groups is 4. The first-order valence-corrected chi connectivity index (χ1v) is 13.4. The molecule has 0 radical (unpaired) electrons. The van der Waals surface area contributed by atoms with E-state index in [-0.39, 0.29) is 28.7 Å². The van der Waals surface area contributed by atoms with E-state index >= 15 is 0 Å². The first-order chi connectivity index (χ1) is 18.5. The molecule has 0 bridgehead atoms. The fraction of sp³-hybridized carbons (Fsp3) is 0.185. The van der Waals surface area contributed by atoms with E-state index in [1.807, 2.05) is 0 Å². The average Bonchev–Trinajstić information content (AvgIpc) is 3.62. The molecule has 0 fully saturated rings. The number of carbonyl (C=O) groups excluding carboxylic acids is 3. The van der Waals surface area contributed by atoms with Gasteiger partial charge >= 0.3 is 5.97 Å². The van der Waals surface area contributed by atoms with E-state index in [0.717, 1.165) is 0 Å². The Morgan fingerprint density at radius 3 is 1.41 bits per heavy atom. The van der Waals surface area contributed by atoms with Gasteiger partial charge < -0.3 is 10.4 Å². The molecule has 0 aliphatic rings. The highest BCUT2D eigenvalue weighted by molar-refractivity contribution is 7.14. The van der Waals surface area contributed by atoms with Crippen LogP contribution in [0, 0.1) is 5.41 Å². The van der Waals surface area contributed by atoms with Gasteiger partial charge in [-0.2, -0.15) is 0 Å². The number of amides is 3. The van der Waals surface area contributed by atoms with E-state index in [0.29, 0.717) is 33.5 Å². The lowest BCUT2D eigenvalue weighted by atomic mass is 9.97. The molecule has 3 amide bonds. The van der Waals surface area contributed by atoms with Crippen LogP contribution in [0.2, 0.25) is 0 Å². The molecule has 0 saturated carbocycles. The van der Waals surface area contributed by atoms with Crippen LogP contribution in [0.5, 0.6) is 0 Å². The zero-order valence-corrected chi connectivity index (χ0v) is 23.1. The highest BCUT2D eigenvalue weighted by Gasteiger charge is 2.14. The second kappa shape index (κ2) is 13.4. The Labute approximate surface area is 233 Å². The Hall–Kier alpha value is -4.42. The lowest BCUT2D eigenvalue weighted by molar-refractivity contribution is 0.0696. The van der Waals surface area contributed by atoms with Crippen molar-refractivity contribution >= 4 is 56.6 Å². The Balaban J connectivity index is 0.000000223. The van der Waals surface area contributed by atoms with Crippen molar-refractivity contribution in [3.63, 3.8) is 0 Å². The number of carboxylic acid groups (broad SMARTS) is 1. The molecule has 12 heteroatoms. The second-order valence-corrected chi connectivity index (χ2v) is 11.1. The Morgan fingerprint density at radius 1 is 0.692 bits per heavy atom.